The minimum atomic E-state index is -4.34. The summed E-state index contributed by atoms with van der Waals surface area (Å²) in [6.07, 6.45) is -2.96. The first-order chi connectivity index (χ1) is 7.68. The molecule has 0 bridgehead atoms. The second kappa shape index (κ2) is 5.05. The number of rotatable bonds is 4. The van der Waals surface area contributed by atoms with E-state index >= 15 is 0 Å². The number of sulfonamides is 1. The number of nitrogens with one attached hydrogen (secondary N) is 1. The first-order valence-electron chi connectivity index (χ1n) is 4.79. The first-order valence-corrected chi connectivity index (χ1v) is 6.68. The minimum absolute atomic E-state index is 0.171. The predicted molar refractivity (Wildman–Crippen MR) is 58.0 cm³/mol. The van der Waals surface area contributed by atoms with E-state index < -0.39 is 21.8 Å². The van der Waals surface area contributed by atoms with Gasteiger partial charge in [0.15, 0.2) is 0 Å². The Bertz CT molecular complexity index is 465. The van der Waals surface area contributed by atoms with E-state index in [0.717, 1.165) is 18.4 Å². The molecule has 1 N–H and O–H groups in total. The van der Waals surface area contributed by atoms with Gasteiger partial charge in [0.2, 0.25) is 10.0 Å². The SMILES string of the molecule is CS(=O)(=O)NCCc1ccc(C(F)(F)F)cc1. The van der Waals surface area contributed by atoms with Crippen molar-refractivity contribution in [2.24, 2.45) is 0 Å². The molecule has 3 nitrogen and oxygen atoms in total. The molecule has 0 radical (unpaired) electrons. The van der Waals surface area contributed by atoms with Crippen molar-refractivity contribution < 1.29 is 21.6 Å². The Morgan fingerprint density at radius 3 is 2.12 bits per heavy atom. The van der Waals surface area contributed by atoms with E-state index in [9.17, 15) is 21.6 Å². The van der Waals surface area contributed by atoms with Crippen LogP contribution in [0.25, 0.3) is 0 Å². The topological polar surface area (TPSA) is 46.2 Å². The molecule has 0 atom stereocenters. The number of benzene rings is 1. The van der Waals surface area contributed by atoms with Gasteiger partial charge in [0, 0.05) is 6.54 Å². The van der Waals surface area contributed by atoms with E-state index in [1.54, 1.807) is 0 Å². The molecule has 1 aromatic rings. The predicted octanol–water partition coefficient (Wildman–Crippen LogP) is 1.80. The normalized spacial score (nSPS) is 12.7. The molecule has 0 spiro atoms. The molecule has 0 saturated carbocycles. The van der Waals surface area contributed by atoms with Crippen LogP contribution in [0.2, 0.25) is 0 Å². The molecule has 0 amide bonds. The Balaban J connectivity index is 2.58. The summed E-state index contributed by atoms with van der Waals surface area (Å²) in [6, 6.07) is 4.64. The van der Waals surface area contributed by atoms with Crippen LogP contribution in [0.15, 0.2) is 24.3 Å². The van der Waals surface area contributed by atoms with Crippen LogP contribution in [0.1, 0.15) is 11.1 Å². The molecule has 0 heterocycles. The molecule has 0 aliphatic heterocycles. The van der Waals surface area contributed by atoms with Crippen molar-refractivity contribution in [3.63, 3.8) is 0 Å². The molecule has 0 aliphatic rings. The van der Waals surface area contributed by atoms with Crippen LogP contribution in [0, 0.1) is 0 Å². The van der Waals surface area contributed by atoms with Crippen molar-refractivity contribution in [1.82, 2.24) is 4.72 Å². The maximum atomic E-state index is 12.2. The standard InChI is InChI=1S/C10H12F3NO2S/c1-17(15,16)14-7-6-8-2-4-9(5-3-8)10(11,12)13/h2-5,14H,6-7H2,1H3. The van der Waals surface area contributed by atoms with Crippen LogP contribution in [-0.2, 0) is 22.6 Å². The highest BCUT2D eigenvalue weighted by Crippen LogP contribution is 2.29. The summed E-state index contributed by atoms with van der Waals surface area (Å²) in [5, 5.41) is 0. The Morgan fingerprint density at radius 1 is 1.18 bits per heavy atom. The highest BCUT2D eigenvalue weighted by Gasteiger charge is 2.29. The van der Waals surface area contributed by atoms with E-state index in [1.807, 2.05) is 0 Å². The lowest BCUT2D eigenvalue weighted by Crippen LogP contribution is -2.24. The molecular formula is C10H12F3NO2S. The lowest BCUT2D eigenvalue weighted by atomic mass is 10.1. The van der Waals surface area contributed by atoms with Gasteiger partial charge in [-0.15, -0.1) is 0 Å². The molecule has 1 aromatic carbocycles. The summed E-state index contributed by atoms with van der Waals surface area (Å²) in [5.74, 6) is 0. The summed E-state index contributed by atoms with van der Waals surface area (Å²) >= 11 is 0. The lowest BCUT2D eigenvalue weighted by Gasteiger charge is -2.07. The van der Waals surface area contributed by atoms with Crippen molar-refractivity contribution >= 4 is 10.0 Å². The van der Waals surface area contributed by atoms with Gasteiger partial charge in [-0.2, -0.15) is 13.2 Å². The molecule has 1 rings (SSSR count). The van der Waals surface area contributed by atoms with Crippen LogP contribution < -0.4 is 4.72 Å². The van der Waals surface area contributed by atoms with Crippen LogP contribution in [-0.4, -0.2) is 21.2 Å². The molecule has 96 valence electrons. The van der Waals surface area contributed by atoms with Gasteiger partial charge in [0.1, 0.15) is 0 Å². The van der Waals surface area contributed by atoms with Gasteiger partial charge in [0.05, 0.1) is 11.8 Å². The number of hydrogen-bond acceptors (Lipinski definition) is 2. The molecule has 17 heavy (non-hydrogen) atoms. The van der Waals surface area contributed by atoms with Gasteiger partial charge in [-0.25, -0.2) is 13.1 Å². The molecule has 0 aromatic heterocycles. The van der Waals surface area contributed by atoms with Crippen molar-refractivity contribution in [1.29, 1.82) is 0 Å². The van der Waals surface area contributed by atoms with E-state index in [1.165, 1.54) is 12.1 Å². The number of alkyl halides is 3. The highest BCUT2D eigenvalue weighted by atomic mass is 32.2. The maximum absolute atomic E-state index is 12.2. The summed E-state index contributed by atoms with van der Waals surface area (Å²) in [6.45, 7) is 0.171. The second-order valence-electron chi connectivity index (χ2n) is 3.61. The third kappa shape index (κ3) is 5.18. The zero-order valence-corrected chi connectivity index (χ0v) is 9.90. The summed E-state index contributed by atoms with van der Waals surface area (Å²) < 4.78 is 60.5. The molecule has 0 unspecified atom stereocenters. The van der Waals surface area contributed by atoms with Gasteiger partial charge < -0.3 is 0 Å². The van der Waals surface area contributed by atoms with Crippen LogP contribution in [0.3, 0.4) is 0 Å². The Morgan fingerprint density at radius 2 is 1.71 bits per heavy atom. The second-order valence-corrected chi connectivity index (χ2v) is 5.44. The van der Waals surface area contributed by atoms with Gasteiger partial charge >= 0.3 is 6.18 Å². The fourth-order valence-corrected chi connectivity index (χ4v) is 1.71. The van der Waals surface area contributed by atoms with E-state index in [-0.39, 0.29) is 6.54 Å². The minimum Gasteiger partial charge on any atom is -0.215 e. The third-order valence-electron chi connectivity index (χ3n) is 2.06. The quantitative estimate of drug-likeness (QED) is 0.904. The van der Waals surface area contributed by atoms with E-state index in [4.69, 9.17) is 0 Å². The van der Waals surface area contributed by atoms with Crippen LogP contribution >= 0.6 is 0 Å². The van der Waals surface area contributed by atoms with E-state index in [2.05, 4.69) is 4.72 Å². The number of halogens is 3. The van der Waals surface area contributed by atoms with E-state index in [0.29, 0.717) is 12.0 Å². The van der Waals surface area contributed by atoms with Gasteiger partial charge in [0.25, 0.3) is 0 Å². The Hall–Kier alpha value is -1.08. The van der Waals surface area contributed by atoms with Crippen molar-refractivity contribution in [3.8, 4) is 0 Å². The number of hydrogen-bond donors (Lipinski definition) is 1. The lowest BCUT2D eigenvalue weighted by molar-refractivity contribution is -0.137. The highest BCUT2D eigenvalue weighted by molar-refractivity contribution is 7.88. The summed E-state index contributed by atoms with van der Waals surface area (Å²) in [4.78, 5) is 0. The van der Waals surface area contributed by atoms with Crippen LogP contribution in [0.5, 0.6) is 0 Å². The smallest absolute Gasteiger partial charge is 0.215 e. The molecular weight excluding hydrogens is 255 g/mol. The van der Waals surface area contributed by atoms with Gasteiger partial charge in [-0.05, 0) is 24.1 Å². The Kier molecular flexibility index (Phi) is 4.16. The van der Waals surface area contributed by atoms with Crippen molar-refractivity contribution in [2.45, 2.75) is 12.6 Å². The zero-order valence-electron chi connectivity index (χ0n) is 9.08. The van der Waals surface area contributed by atoms with Gasteiger partial charge in [-0.1, -0.05) is 12.1 Å². The maximum Gasteiger partial charge on any atom is 0.416 e. The largest absolute Gasteiger partial charge is 0.416 e. The van der Waals surface area contributed by atoms with Crippen LogP contribution in [0.4, 0.5) is 13.2 Å². The fourth-order valence-electron chi connectivity index (χ4n) is 1.24. The monoisotopic (exact) mass is 267 g/mol. The third-order valence-corrected chi connectivity index (χ3v) is 2.79. The summed E-state index contributed by atoms with van der Waals surface area (Å²) in [7, 11) is -3.26. The summed E-state index contributed by atoms with van der Waals surface area (Å²) in [5.41, 5.74) is -0.0635. The average molecular weight is 267 g/mol. The van der Waals surface area contributed by atoms with Gasteiger partial charge in [-0.3, -0.25) is 0 Å². The molecule has 0 saturated heterocycles. The Labute approximate surface area is 97.7 Å². The average Bonchev–Trinajstić information content (AvgIpc) is 2.15. The van der Waals surface area contributed by atoms with Crippen molar-refractivity contribution in [2.75, 3.05) is 12.8 Å². The molecule has 0 fully saturated rings. The zero-order chi connectivity index (χ0) is 13.1. The molecule has 0 aliphatic carbocycles. The first kappa shape index (κ1) is 14.0. The molecule has 7 heteroatoms. The van der Waals surface area contributed by atoms with Crippen molar-refractivity contribution in [3.05, 3.63) is 35.4 Å². The fraction of sp³-hybridized carbons (Fsp3) is 0.400.